The van der Waals surface area contributed by atoms with Gasteiger partial charge in [-0.05, 0) is 57.9 Å². The number of piperidine rings is 2. The van der Waals surface area contributed by atoms with E-state index >= 15 is 0 Å². The molecule has 0 aromatic rings. The number of rotatable bonds is 7. The number of hydrogen-bond donors (Lipinski definition) is 2. The highest BCUT2D eigenvalue weighted by Gasteiger charge is 2.36. The molecule has 0 aromatic carbocycles. The van der Waals surface area contributed by atoms with Crippen LogP contribution in [0, 0.1) is 5.92 Å². The Morgan fingerprint density at radius 1 is 1.15 bits per heavy atom. The third-order valence-corrected chi connectivity index (χ3v) is 6.36. The monoisotopic (exact) mass is 494 g/mol. The van der Waals surface area contributed by atoms with E-state index in [1.165, 1.54) is 32.1 Å². The summed E-state index contributed by atoms with van der Waals surface area (Å²) >= 11 is 0. The van der Waals surface area contributed by atoms with Crippen molar-refractivity contribution in [2.75, 3.05) is 47.1 Å². The maximum Gasteiger partial charge on any atom is 0.191 e. The molecule has 3 rings (SSSR count). The van der Waals surface area contributed by atoms with E-state index in [1.54, 1.807) is 0 Å². The number of ether oxygens (including phenoxy) is 2. The highest BCUT2D eigenvalue weighted by molar-refractivity contribution is 14.0. The molecule has 0 spiro atoms. The number of aliphatic imine (C=N–C) groups is 1. The highest BCUT2D eigenvalue weighted by atomic mass is 127. The molecule has 0 amide bonds. The van der Waals surface area contributed by atoms with E-state index in [0.717, 1.165) is 70.3 Å². The van der Waals surface area contributed by atoms with Gasteiger partial charge in [-0.1, -0.05) is 6.42 Å². The number of nitrogens with zero attached hydrogens (tertiary/aromatic N) is 2. The Morgan fingerprint density at radius 3 is 2.52 bits per heavy atom. The van der Waals surface area contributed by atoms with Crippen molar-refractivity contribution in [1.82, 2.24) is 15.5 Å². The van der Waals surface area contributed by atoms with Crippen LogP contribution in [0.4, 0.5) is 0 Å². The van der Waals surface area contributed by atoms with E-state index in [0.29, 0.717) is 12.0 Å². The van der Waals surface area contributed by atoms with Gasteiger partial charge in [-0.15, -0.1) is 24.0 Å². The second kappa shape index (κ2) is 12.4. The fourth-order valence-electron chi connectivity index (χ4n) is 4.67. The summed E-state index contributed by atoms with van der Waals surface area (Å²) in [5.74, 6) is 1.64. The average molecular weight is 494 g/mol. The average Bonchev–Trinajstić information content (AvgIpc) is 2.65. The zero-order chi connectivity index (χ0) is 18.2. The number of nitrogens with one attached hydrogen (secondary N) is 2. The minimum atomic E-state index is 0. The molecule has 3 aliphatic rings. The first-order chi connectivity index (χ1) is 12.8. The first kappa shape index (κ1) is 23.2. The largest absolute Gasteiger partial charge is 0.381 e. The Bertz CT molecular complexity index is 432. The zero-order valence-electron chi connectivity index (χ0n) is 17.1. The topological polar surface area (TPSA) is 58.1 Å². The van der Waals surface area contributed by atoms with Gasteiger partial charge in [0.2, 0.25) is 0 Å². The van der Waals surface area contributed by atoms with Crippen molar-refractivity contribution in [3.63, 3.8) is 0 Å². The van der Waals surface area contributed by atoms with E-state index in [1.807, 2.05) is 7.05 Å². The smallest absolute Gasteiger partial charge is 0.191 e. The van der Waals surface area contributed by atoms with Crippen LogP contribution in [0.1, 0.15) is 51.4 Å². The lowest BCUT2D eigenvalue weighted by Gasteiger charge is -2.47. The molecule has 3 heterocycles. The number of hydrogen-bond acceptors (Lipinski definition) is 4. The summed E-state index contributed by atoms with van der Waals surface area (Å²) in [6, 6.07) is 2.05. The van der Waals surface area contributed by atoms with Crippen LogP contribution in [0.15, 0.2) is 4.99 Å². The fraction of sp³-hybridized carbons (Fsp3) is 0.950. The fourth-order valence-corrected chi connectivity index (χ4v) is 4.67. The van der Waals surface area contributed by atoms with Gasteiger partial charge in [0.25, 0.3) is 0 Å². The van der Waals surface area contributed by atoms with Crippen LogP contribution in [0.2, 0.25) is 0 Å². The van der Waals surface area contributed by atoms with Gasteiger partial charge in [0.1, 0.15) is 0 Å². The molecule has 0 aliphatic carbocycles. The highest BCUT2D eigenvalue weighted by Crippen LogP contribution is 2.32. The van der Waals surface area contributed by atoms with E-state index < -0.39 is 0 Å². The van der Waals surface area contributed by atoms with Crippen LogP contribution in [0.25, 0.3) is 0 Å². The van der Waals surface area contributed by atoms with Crippen LogP contribution in [-0.2, 0) is 9.47 Å². The third kappa shape index (κ3) is 7.33. The molecular formula is C20H39IN4O2. The Labute approximate surface area is 182 Å². The molecule has 2 unspecified atom stereocenters. The molecule has 3 fully saturated rings. The quantitative estimate of drug-likeness (QED) is 0.247. The van der Waals surface area contributed by atoms with E-state index in [-0.39, 0.29) is 24.0 Å². The van der Waals surface area contributed by atoms with E-state index in [2.05, 4.69) is 27.6 Å². The maximum atomic E-state index is 5.84. The van der Waals surface area contributed by atoms with Gasteiger partial charge in [0.05, 0.1) is 0 Å². The van der Waals surface area contributed by atoms with Crippen LogP contribution in [0.5, 0.6) is 0 Å². The lowest BCUT2D eigenvalue weighted by molar-refractivity contribution is 0.0203. The first-order valence-corrected chi connectivity index (χ1v) is 10.6. The molecule has 7 heteroatoms. The number of halogens is 1. The van der Waals surface area contributed by atoms with Crippen LogP contribution >= 0.6 is 24.0 Å². The van der Waals surface area contributed by atoms with Crippen LogP contribution in [0.3, 0.4) is 0 Å². The van der Waals surface area contributed by atoms with E-state index in [4.69, 9.17) is 9.47 Å². The number of fused-ring (bicyclic) bond motifs is 2. The van der Waals surface area contributed by atoms with Crippen LogP contribution in [-0.4, -0.2) is 76.1 Å². The molecule has 158 valence electrons. The molecule has 6 nitrogen and oxygen atoms in total. The van der Waals surface area contributed by atoms with Gasteiger partial charge in [-0.2, -0.15) is 0 Å². The molecule has 0 radical (unpaired) electrons. The summed E-state index contributed by atoms with van der Waals surface area (Å²) in [7, 11) is 4.17. The Balaban J connectivity index is 0.00000261. The molecule has 27 heavy (non-hydrogen) atoms. The van der Waals surface area contributed by atoms with Crippen molar-refractivity contribution in [3.05, 3.63) is 0 Å². The Morgan fingerprint density at radius 2 is 1.85 bits per heavy atom. The predicted molar refractivity (Wildman–Crippen MR) is 121 cm³/mol. The van der Waals surface area contributed by atoms with Crippen molar-refractivity contribution in [1.29, 1.82) is 0 Å². The predicted octanol–water partition coefficient (Wildman–Crippen LogP) is 2.62. The van der Waals surface area contributed by atoms with Gasteiger partial charge in [-0.25, -0.2) is 0 Å². The maximum absolute atomic E-state index is 5.84. The summed E-state index contributed by atoms with van der Waals surface area (Å²) in [5.41, 5.74) is 0. The molecule has 2 bridgehead atoms. The minimum absolute atomic E-state index is 0. The molecular weight excluding hydrogens is 455 g/mol. The van der Waals surface area contributed by atoms with Crippen LogP contribution < -0.4 is 10.6 Å². The Hall–Kier alpha value is -0.120. The summed E-state index contributed by atoms with van der Waals surface area (Å²) in [6.07, 6.45) is 9.88. The molecule has 3 aliphatic heterocycles. The van der Waals surface area contributed by atoms with Crippen molar-refractivity contribution in [2.45, 2.75) is 69.5 Å². The SMILES string of the molecule is CN=C(NCCCOCC1CCOCC1)NC1CC2CCCC(C1)N2C.I. The van der Waals surface area contributed by atoms with Crippen molar-refractivity contribution < 1.29 is 9.47 Å². The molecule has 3 saturated heterocycles. The van der Waals surface area contributed by atoms with Gasteiger partial charge >= 0.3 is 0 Å². The lowest BCUT2D eigenvalue weighted by atomic mass is 9.82. The minimum Gasteiger partial charge on any atom is -0.381 e. The molecule has 0 saturated carbocycles. The summed E-state index contributed by atoms with van der Waals surface area (Å²) in [4.78, 5) is 7.02. The van der Waals surface area contributed by atoms with Crippen molar-refractivity contribution in [2.24, 2.45) is 10.9 Å². The summed E-state index contributed by atoms with van der Waals surface area (Å²) in [6.45, 7) is 4.41. The normalized spacial score (nSPS) is 29.9. The molecule has 2 N–H and O–H groups in total. The second-order valence-corrected chi connectivity index (χ2v) is 8.20. The first-order valence-electron chi connectivity index (χ1n) is 10.6. The lowest BCUT2D eigenvalue weighted by Crippen LogP contribution is -2.56. The second-order valence-electron chi connectivity index (χ2n) is 8.20. The van der Waals surface area contributed by atoms with Gasteiger partial charge in [0, 0.05) is 58.1 Å². The molecule has 0 aromatic heterocycles. The van der Waals surface area contributed by atoms with Crippen molar-refractivity contribution >= 4 is 29.9 Å². The third-order valence-electron chi connectivity index (χ3n) is 6.36. The van der Waals surface area contributed by atoms with E-state index in [9.17, 15) is 0 Å². The zero-order valence-corrected chi connectivity index (χ0v) is 19.5. The Kier molecular flexibility index (Phi) is 10.7. The summed E-state index contributed by atoms with van der Waals surface area (Å²) < 4.78 is 11.2. The number of guanidine groups is 1. The summed E-state index contributed by atoms with van der Waals surface area (Å²) in [5, 5.41) is 7.11. The standard InChI is InChI=1S/C20H38N4O2.HI/c1-21-20(22-9-4-10-26-15-16-7-11-25-12-8-16)23-17-13-18-5-3-6-19(14-17)24(18)2;/h16-19H,3-15H2,1-2H3,(H2,21,22,23);1H. The van der Waals surface area contributed by atoms with Gasteiger partial charge in [-0.3, -0.25) is 4.99 Å². The van der Waals surface area contributed by atoms with Gasteiger partial charge in [0.15, 0.2) is 5.96 Å². The van der Waals surface area contributed by atoms with Gasteiger partial charge < -0.3 is 25.0 Å². The molecule has 2 atom stereocenters. The van der Waals surface area contributed by atoms with Crippen molar-refractivity contribution in [3.8, 4) is 0 Å².